The van der Waals surface area contributed by atoms with E-state index in [0.717, 1.165) is 0 Å². The van der Waals surface area contributed by atoms with E-state index in [1.807, 2.05) is 0 Å². The molecule has 3 N–H and O–H groups in total. The molecule has 98 valence electrons. The lowest BCUT2D eigenvalue weighted by molar-refractivity contribution is 0.0686. The van der Waals surface area contributed by atoms with Crippen LogP contribution in [0.1, 0.15) is 17.3 Å². The number of carbonyl (C=O) groups is 1. The molecule has 2 rings (SSSR count). The lowest BCUT2D eigenvalue weighted by atomic mass is 9.80. The molecule has 1 aromatic carbocycles. The first-order chi connectivity index (χ1) is 8.44. The third-order valence-corrected chi connectivity index (χ3v) is 2.36. The van der Waals surface area contributed by atoms with Gasteiger partial charge in [-0.3, -0.25) is 0 Å². The summed E-state index contributed by atoms with van der Waals surface area (Å²) in [6, 6.07) is 2.89. The van der Waals surface area contributed by atoms with E-state index in [0.29, 0.717) is 0 Å². The van der Waals surface area contributed by atoms with Crippen LogP contribution in [-0.2, 0) is 0 Å². The van der Waals surface area contributed by atoms with Crippen LogP contribution in [0.2, 0.25) is 0 Å². The third kappa shape index (κ3) is 2.20. The van der Waals surface area contributed by atoms with E-state index in [9.17, 15) is 14.8 Å². The minimum atomic E-state index is -3.21. The summed E-state index contributed by atoms with van der Waals surface area (Å²) in [4.78, 5) is 11.2. The number of hydrogen-bond acceptors (Lipinski definition) is 6. The first-order valence-corrected chi connectivity index (χ1v) is 5.40. The highest BCUT2D eigenvalue weighted by molar-refractivity contribution is 6.58. The highest BCUT2D eigenvalue weighted by Crippen LogP contribution is 2.40. The molecule has 1 aliphatic rings. The molecule has 8 heteroatoms. The maximum Gasteiger partial charge on any atom is 0.467 e. The molecule has 0 bridgehead atoms. The smallest absolute Gasteiger partial charge is 0.467 e. The van der Waals surface area contributed by atoms with Crippen LogP contribution in [0.25, 0.3) is 0 Å². The molecule has 1 aliphatic heterocycles. The van der Waals surface area contributed by atoms with E-state index < -0.39 is 19.2 Å². The minimum absolute atomic E-state index is 0.0841. The van der Waals surface area contributed by atoms with E-state index in [-0.39, 0.29) is 29.4 Å². The van der Waals surface area contributed by atoms with Gasteiger partial charge in [0.1, 0.15) is 17.1 Å². The van der Waals surface area contributed by atoms with Gasteiger partial charge in [-0.2, -0.15) is 0 Å². The Bertz CT molecular complexity index is 485. The number of hydrogen-bond donors (Lipinski definition) is 3. The zero-order valence-corrected chi connectivity index (χ0v) is 9.62. The largest absolute Gasteiger partial charge is 0.665 e. The molecule has 0 radical (unpaired) electrons. The van der Waals surface area contributed by atoms with Gasteiger partial charge in [-0.1, -0.05) is 0 Å². The van der Waals surface area contributed by atoms with Crippen LogP contribution in [0.5, 0.6) is 17.2 Å². The number of aromatic carboxylic acids is 1. The average Bonchev–Trinajstić information content (AvgIpc) is 2.27. The topological polar surface area (TPSA) is 105 Å². The fourth-order valence-corrected chi connectivity index (χ4v) is 1.68. The molecule has 0 fully saturated rings. The first kappa shape index (κ1) is 12.5. The molecule has 7 nitrogen and oxygen atoms in total. The van der Waals surface area contributed by atoms with E-state index in [4.69, 9.17) is 19.2 Å². The van der Waals surface area contributed by atoms with Crippen molar-refractivity contribution in [3.05, 3.63) is 17.7 Å². The number of benzene rings is 1. The first-order valence-electron chi connectivity index (χ1n) is 5.40. The minimum Gasteiger partial charge on any atom is -0.665 e. The van der Waals surface area contributed by atoms with Gasteiger partial charge in [-0.15, -0.1) is 0 Å². The molecule has 0 atom stereocenters. The number of ether oxygens (including phenoxy) is 2. The molecule has 0 amide bonds. The van der Waals surface area contributed by atoms with Crippen molar-refractivity contribution in [2.24, 2.45) is 0 Å². The van der Waals surface area contributed by atoms with E-state index in [1.54, 1.807) is 6.92 Å². The molecule has 1 heterocycles. The van der Waals surface area contributed by atoms with Gasteiger partial charge in [-0.05, 0) is 19.1 Å². The van der Waals surface area contributed by atoms with Gasteiger partial charge in [0.25, 0.3) is 0 Å². The normalized spacial score (nSPS) is 16.2. The molecule has 0 spiro atoms. The Kier molecular flexibility index (Phi) is 3.06. The zero-order valence-electron chi connectivity index (χ0n) is 9.62. The van der Waals surface area contributed by atoms with Crippen molar-refractivity contribution < 1.29 is 34.1 Å². The van der Waals surface area contributed by atoms with Crippen LogP contribution in [0, 0.1) is 0 Å². The Labute approximate surface area is 103 Å². The average molecular weight is 255 g/mol. The third-order valence-electron chi connectivity index (χ3n) is 2.36. The fourth-order valence-electron chi connectivity index (χ4n) is 1.68. The molecule has 0 aromatic heterocycles. The second-order valence-corrected chi connectivity index (χ2v) is 3.79. The summed E-state index contributed by atoms with van der Waals surface area (Å²) in [5, 5.41) is 27.9. The molecule has 0 aliphatic carbocycles. The van der Waals surface area contributed by atoms with Gasteiger partial charge in [0, 0.05) is 0 Å². The van der Waals surface area contributed by atoms with Gasteiger partial charge < -0.3 is 29.3 Å². The predicted octanol–water partition coefficient (Wildman–Crippen LogP) is 0.0174. The monoisotopic (exact) mass is 255 g/mol. The highest BCUT2D eigenvalue weighted by atomic mass is 16.7. The van der Waals surface area contributed by atoms with Gasteiger partial charge >= 0.3 is 12.7 Å². The second-order valence-electron chi connectivity index (χ2n) is 3.79. The molecule has 0 unspecified atom stereocenters. The van der Waals surface area contributed by atoms with Crippen molar-refractivity contribution in [3.8, 4) is 17.2 Å². The second kappa shape index (κ2) is 4.39. The zero-order chi connectivity index (χ0) is 13.3. The van der Waals surface area contributed by atoms with Gasteiger partial charge in [0.2, 0.25) is 0 Å². The number of rotatable bonds is 3. The predicted molar refractivity (Wildman–Crippen MR) is 60.9 cm³/mol. The lowest BCUT2D eigenvalue weighted by Gasteiger charge is -2.37. The Morgan fingerprint density at radius 2 is 2.22 bits per heavy atom. The summed E-state index contributed by atoms with van der Waals surface area (Å²) in [5.74, 6) is -1.31. The van der Waals surface area contributed by atoms with Crippen molar-refractivity contribution in [1.29, 1.82) is 0 Å². The van der Waals surface area contributed by atoms with Crippen molar-refractivity contribution in [1.82, 2.24) is 0 Å². The van der Waals surface area contributed by atoms with E-state index in [1.165, 1.54) is 12.1 Å². The number of carboxylic acids is 1. The van der Waals surface area contributed by atoms with Gasteiger partial charge in [-0.25, -0.2) is 4.79 Å². The number of carboxylic acid groups (broad SMARTS) is 1. The van der Waals surface area contributed by atoms with Crippen LogP contribution in [0.3, 0.4) is 0 Å². The summed E-state index contributed by atoms with van der Waals surface area (Å²) < 4.78 is 15.1. The highest BCUT2D eigenvalue weighted by Gasteiger charge is 2.34. The maximum absolute atomic E-state index is 11.2. The van der Waals surface area contributed by atoms with E-state index in [2.05, 4.69) is 0 Å². The quantitative estimate of drug-likeness (QED) is 0.653. The van der Waals surface area contributed by atoms with E-state index >= 15 is 0 Å². The Morgan fingerprint density at radius 3 is 2.83 bits per heavy atom. The molecular formula is C10H12BO7-. The van der Waals surface area contributed by atoms with Crippen LogP contribution in [0.4, 0.5) is 0 Å². The summed E-state index contributed by atoms with van der Waals surface area (Å²) in [5.41, 5.74) is -0.289. The Morgan fingerprint density at radius 1 is 1.50 bits per heavy atom. The van der Waals surface area contributed by atoms with Crippen molar-refractivity contribution in [2.45, 2.75) is 6.92 Å². The molecule has 1 aromatic rings. The van der Waals surface area contributed by atoms with Crippen molar-refractivity contribution in [2.75, 3.05) is 13.1 Å². The van der Waals surface area contributed by atoms with Crippen molar-refractivity contribution in [3.63, 3.8) is 0 Å². The molecule has 0 saturated carbocycles. The van der Waals surface area contributed by atoms with Gasteiger partial charge in [0.05, 0.1) is 13.1 Å². The fraction of sp³-hybridized carbons (Fsp3) is 0.300. The van der Waals surface area contributed by atoms with Crippen LogP contribution < -0.4 is 14.1 Å². The summed E-state index contributed by atoms with van der Waals surface area (Å²) in [6.07, 6.45) is 0. The standard InChI is InChI=1S/C10H12BO7/c1-2-16-6-3-4-7-9(8(6)10(12)13)18-11(14,15)5-17-7/h3-4,14-15H,2,5H2,1H3,(H,12,13)/q-1. The van der Waals surface area contributed by atoms with Crippen molar-refractivity contribution >= 4 is 12.7 Å². The van der Waals surface area contributed by atoms with Crippen LogP contribution in [-0.4, -0.2) is 41.0 Å². The number of fused-ring (bicyclic) bond motifs is 1. The lowest BCUT2D eigenvalue weighted by Crippen LogP contribution is -2.51. The molecular weight excluding hydrogens is 243 g/mol. The SMILES string of the molecule is CCOc1ccc2c(c1C(=O)O)O[B-](O)(O)CO2. The van der Waals surface area contributed by atoms with Gasteiger partial charge in [0.15, 0.2) is 5.75 Å². The summed E-state index contributed by atoms with van der Waals surface area (Å²) in [7, 11) is 0. The maximum atomic E-state index is 11.2. The summed E-state index contributed by atoms with van der Waals surface area (Å²) >= 11 is 0. The molecule has 0 saturated heterocycles. The Hall–Kier alpha value is -1.93. The van der Waals surface area contributed by atoms with Crippen LogP contribution in [0.15, 0.2) is 12.1 Å². The van der Waals surface area contributed by atoms with Crippen LogP contribution >= 0.6 is 0 Å². The summed E-state index contributed by atoms with van der Waals surface area (Å²) in [6.45, 7) is -1.68. The Balaban J connectivity index is 2.54. The molecule has 18 heavy (non-hydrogen) atoms.